The molecule has 0 amide bonds. The van der Waals surface area contributed by atoms with Crippen molar-refractivity contribution in [1.82, 2.24) is 4.98 Å². The van der Waals surface area contributed by atoms with Gasteiger partial charge in [-0.05, 0) is 30.2 Å². The van der Waals surface area contributed by atoms with Gasteiger partial charge in [-0.15, -0.1) is 0 Å². The summed E-state index contributed by atoms with van der Waals surface area (Å²) < 4.78 is 0. The highest BCUT2D eigenvalue weighted by atomic mass is 14.7. The number of nitrogens with zero attached hydrogens (tertiary/aromatic N) is 1. The molecule has 0 bridgehead atoms. The van der Waals surface area contributed by atoms with Gasteiger partial charge in [0.2, 0.25) is 0 Å². The van der Waals surface area contributed by atoms with Gasteiger partial charge in [-0.25, -0.2) is 0 Å². The monoisotopic (exact) mass is 247 g/mol. The Balaban J connectivity index is 2.05. The molecule has 0 aliphatic rings. The van der Waals surface area contributed by atoms with Crippen molar-refractivity contribution in [2.75, 3.05) is 0 Å². The number of aryl methyl sites for hydroxylation is 1. The van der Waals surface area contributed by atoms with Gasteiger partial charge < -0.3 is 0 Å². The lowest BCUT2D eigenvalue weighted by Gasteiger charge is -2.13. The van der Waals surface area contributed by atoms with Crippen molar-refractivity contribution in [3.8, 4) is 0 Å². The van der Waals surface area contributed by atoms with E-state index in [0.29, 0.717) is 5.92 Å². The van der Waals surface area contributed by atoms with Crippen LogP contribution >= 0.6 is 0 Å². The van der Waals surface area contributed by atoms with E-state index in [4.69, 9.17) is 0 Å². The number of aromatic nitrogens is 1. The summed E-state index contributed by atoms with van der Waals surface area (Å²) in [6.07, 6.45) is 0. The number of hydrogen-bond acceptors (Lipinski definition) is 1. The highest BCUT2D eigenvalue weighted by molar-refractivity contribution is 5.79. The second-order valence-corrected chi connectivity index (χ2v) is 5.04. The third kappa shape index (κ3) is 2.37. The third-order valence-electron chi connectivity index (χ3n) is 3.65. The lowest BCUT2D eigenvalue weighted by molar-refractivity contribution is 0.924. The fourth-order valence-corrected chi connectivity index (χ4v) is 2.44. The largest absolute Gasteiger partial charge is 0.253 e. The van der Waals surface area contributed by atoms with Crippen molar-refractivity contribution in [3.05, 3.63) is 77.5 Å². The predicted molar refractivity (Wildman–Crippen MR) is 80.4 cm³/mol. The molecule has 0 spiro atoms. The van der Waals surface area contributed by atoms with Crippen molar-refractivity contribution in [3.63, 3.8) is 0 Å². The maximum atomic E-state index is 4.61. The standard InChI is InChI=1S/C18H17N/c1-13-8-9-16-10-11-17(12-18(16)19-13)14(2)15-6-4-3-5-7-15/h3-12,14H,1-2H3. The van der Waals surface area contributed by atoms with E-state index in [9.17, 15) is 0 Å². The summed E-state index contributed by atoms with van der Waals surface area (Å²) in [5.74, 6) is 0.396. The van der Waals surface area contributed by atoms with E-state index < -0.39 is 0 Å². The molecule has 0 fully saturated rings. The summed E-state index contributed by atoms with van der Waals surface area (Å²) >= 11 is 0. The van der Waals surface area contributed by atoms with Gasteiger partial charge in [-0.1, -0.05) is 55.5 Å². The number of benzene rings is 2. The first kappa shape index (κ1) is 11.9. The molecule has 1 heterocycles. The minimum absolute atomic E-state index is 0.396. The number of rotatable bonds is 2. The van der Waals surface area contributed by atoms with Crippen molar-refractivity contribution in [1.29, 1.82) is 0 Å². The quantitative estimate of drug-likeness (QED) is 0.640. The number of fused-ring (bicyclic) bond motifs is 1. The zero-order chi connectivity index (χ0) is 13.2. The number of hydrogen-bond donors (Lipinski definition) is 0. The first-order chi connectivity index (χ1) is 9.24. The van der Waals surface area contributed by atoms with E-state index >= 15 is 0 Å². The van der Waals surface area contributed by atoms with E-state index in [1.807, 2.05) is 6.92 Å². The third-order valence-corrected chi connectivity index (χ3v) is 3.65. The molecule has 3 aromatic rings. The van der Waals surface area contributed by atoms with Crippen molar-refractivity contribution in [2.24, 2.45) is 0 Å². The van der Waals surface area contributed by atoms with E-state index in [1.165, 1.54) is 16.5 Å². The summed E-state index contributed by atoms with van der Waals surface area (Å²) in [5, 5.41) is 1.20. The Morgan fingerprint density at radius 3 is 2.37 bits per heavy atom. The van der Waals surface area contributed by atoms with Crippen molar-refractivity contribution >= 4 is 10.9 Å². The average Bonchev–Trinajstić information content (AvgIpc) is 2.46. The fourth-order valence-electron chi connectivity index (χ4n) is 2.44. The molecule has 1 unspecified atom stereocenters. The normalized spacial score (nSPS) is 12.5. The Labute approximate surface area is 113 Å². The van der Waals surface area contributed by atoms with Crippen LogP contribution in [-0.4, -0.2) is 4.98 Å². The Kier molecular flexibility index (Phi) is 3.04. The molecular formula is C18H17N. The molecule has 0 aliphatic heterocycles. The summed E-state index contributed by atoms with van der Waals surface area (Å²) in [5.41, 5.74) is 4.81. The van der Waals surface area contributed by atoms with Crippen molar-refractivity contribution < 1.29 is 0 Å². The SMILES string of the molecule is Cc1ccc2ccc(C(C)c3ccccc3)cc2n1. The Bertz CT molecular complexity index is 701. The molecule has 0 radical (unpaired) electrons. The molecule has 0 aliphatic carbocycles. The molecule has 0 saturated heterocycles. The van der Waals surface area contributed by atoms with Gasteiger partial charge in [-0.3, -0.25) is 4.98 Å². The predicted octanol–water partition coefficient (Wildman–Crippen LogP) is 4.70. The van der Waals surface area contributed by atoms with E-state index in [1.54, 1.807) is 0 Å². The van der Waals surface area contributed by atoms with Gasteiger partial charge in [-0.2, -0.15) is 0 Å². The zero-order valence-corrected chi connectivity index (χ0v) is 11.3. The highest BCUT2D eigenvalue weighted by Crippen LogP contribution is 2.26. The van der Waals surface area contributed by atoms with Crippen molar-refractivity contribution in [2.45, 2.75) is 19.8 Å². The van der Waals surface area contributed by atoms with Crippen LogP contribution in [0.2, 0.25) is 0 Å². The van der Waals surface area contributed by atoms with Crippen LogP contribution in [0.5, 0.6) is 0 Å². The van der Waals surface area contributed by atoms with Crippen LogP contribution in [0.25, 0.3) is 10.9 Å². The van der Waals surface area contributed by atoms with Crippen LogP contribution in [0.1, 0.15) is 29.7 Å². The van der Waals surface area contributed by atoms with Gasteiger partial charge in [0, 0.05) is 17.0 Å². The molecular weight excluding hydrogens is 230 g/mol. The fraction of sp³-hybridized carbons (Fsp3) is 0.167. The van der Waals surface area contributed by atoms with Crippen LogP contribution in [0, 0.1) is 6.92 Å². The smallest absolute Gasteiger partial charge is 0.0708 e. The first-order valence-electron chi connectivity index (χ1n) is 6.66. The van der Waals surface area contributed by atoms with Gasteiger partial charge >= 0.3 is 0 Å². The van der Waals surface area contributed by atoms with Gasteiger partial charge in [0.15, 0.2) is 0 Å². The summed E-state index contributed by atoms with van der Waals surface area (Å²) in [4.78, 5) is 4.61. The molecule has 1 aromatic heterocycles. The molecule has 3 rings (SSSR count). The summed E-state index contributed by atoms with van der Waals surface area (Å²) in [7, 11) is 0. The lowest BCUT2D eigenvalue weighted by atomic mass is 9.92. The maximum Gasteiger partial charge on any atom is 0.0708 e. The lowest BCUT2D eigenvalue weighted by Crippen LogP contribution is -1.96. The van der Waals surface area contributed by atoms with Crippen LogP contribution in [-0.2, 0) is 0 Å². The van der Waals surface area contributed by atoms with Crippen LogP contribution < -0.4 is 0 Å². The molecule has 0 saturated carbocycles. The molecule has 1 atom stereocenters. The Morgan fingerprint density at radius 1 is 0.842 bits per heavy atom. The molecule has 1 heteroatoms. The molecule has 1 nitrogen and oxygen atoms in total. The van der Waals surface area contributed by atoms with Gasteiger partial charge in [0.25, 0.3) is 0 Å². The number of pyridine rings is 1. The Morgan fingerprint density at radius 2 is 1.58 bits per heavy atom. The summed E-state index contributed by atoms with van der Waals surface area (Å²) in [6.45, 7) is 4.28. The average molecular weight is 247 g/mol. The van der Waals surface area contributed by atoms with Gasteiger partial charge in [0.05, 0.1) is 5.52 Å². The Hall–Kier alpha value is -2.15. The van der Waals surface area contributed by atoms with E-state index in [-0.39, 0.29) is 0 Å². The van der Waals surface area contributed by atoms with Crippen LogP contribution in [0.3, 0.4) is 0 Å². The summed E-state index contributed by atoms with van der Waals surface area (Å²) in [6, 6.07) is 21.4. The second-order valence-electron chi connectivity index (χ2n) is 5.04. The van der Waals surface area contributed by atoms with E-state index in [2.05, 4.69) is 72.6 Å². The second kappa shape index (κ2) is 4.85. The maximum absolute atomic E-state index is 4.61. The van der Waals surface area contributed by atoms with Gasteiger partial charge in [0.1, 0.15) is 0 Å². The van der Waals surface area contributed by atoms with Crippen LogP contribution in [0.15, 0.2) is 60.7 Å². The van der Waals surface area contributed by atoms with E-state index in [0.717, 1.165) is 11.2 Å². The first-order valence-corrected chi connectivity index (χ1v) is 6.66. The molecule has 0 N–H and O–H groups in total. The topological polar surface area (TPSA) is 12.9 Å². The molecule has 94 valence electrons. The van der Waals surface area contributed by atoms with Crippen LogP contribution in [0.4, 0.5) is 0 Å². The molecule has 19 heavy (non-hydrogen) atoms. The molecule has 2 aromatic carbocycles. The minimum atomic E-state index is 0.396. The minimum Gasteiger partial charge on any atom is -0.253 e. The highest BCUT2D eigenvalue weighted by Gasteiger charge is 2.08. The zero-order valence-electron chi connectivity index (χ0n) is 11.3.